The Labute approximate surface area is 182 Å². The molecule has 2 atom stereocenters. The first-order valence-electron chi connectivity index (χ1n) is 10.4. The molecule has 3 aromatic rings. The second kappa shape index (κ2) is 11.5. The van der Waals surface area contributed by atoms with Crippen LogP contribution in [0.5, 0.6) is 5.75 Å². The molecule has 0 radical (unpaired) electrons. The molecule has 0 spiro atoms. The summed E-state index contributed by atoms with van der Waals surface area (Å²) < 4.78 is 0. The van der Waals surface area contributed by atoms with E-state index in [2.05, 4.69) is 10.6 Å². The highest BCUT2D eigenvalue weighted by atomic mass is 16.3. The number of aromatic hydroxyl groups is 1. The lowest BCUT2D eigenvalue weighted by Crippen LogP contribution is -2.23. The number of hydrogen-bond donors (Lipinski definition) is 6. The van der Waals surface area contributed by atoms with Crippen LogP contribution in [0.4, 0.5) is 5.69 Å². The van der Waals surface area contributed by atoms with E-state index in [1.54, 1.807) is 12.1 Å². The van der Waals surface area contributed by atoms with E-state index in [4.69, 9.17) is 0 Å². The lowest BCUT2D eigenvalue weighted by Gasteiger charge is -2.14. The number of aliphatic hydroxyl groups excluding tert-OH is 3. The zero-order valence-corrected chi connectivity index (χ0v) is 17.4. The molecule has 0 bridgehead atoms. The van der Waals surface area contributed by atoms with Crippen LogP contribution in [-0.2, 0) is 13.0 Å². The lowest BCUT2D eigenvalue weighted by molar-refractivity contribution is 0.174. The summed E-state index contributed by atoms with van der Waals surface area (Å²) in [5.74, 6) is 0.0268. The van der Waals surface area contributed by atoms with E-state index in [1.807, 2.05) is 54.6 Å². The summed E-state index contributed by atoms with van der Waals surface area (Å²) in [6.07, 6.45) is -0.455. The summed E-state index contributed by atoms with van der Waals surface area (Å²) in [7, 11) is 0. The molecule has 164 valence electrons. The monoisotopic (exact) mass is 422 g/mol. The van der Waals surface area contributed by atoms with E-state index in [0.29, 0.717) is 30.8 Å². The number of hydrogen-bond acceptors (Lipinski definition) is 6. The quantitative estimate of drug-likeness (QED) is 0.266. The molecule has 0 aliphatic carbocycles. The van der Waals surface area contributed by atoms with Crippen molar-refractivity contribution in [3.05, 3.63) is 95.1 Å². The minimum Gasteiger partial charge on any atom is -0.508 e. The van der Waals surface area contributed by atoms with Crippen LogP contribution in [-0.4, -0.2) is 40.1 Å². The first-order chi connectivity index (χ1) is 15.1. The van der Waals surface area contributed by atoms with Gasteiger partial charge in [0.05, 0.1) is 18.8 Å². The number of benzene rings is 3. The van der Waals surface area contributed by atoms with Crippen molar-refractivity contribution in [3.8, 4) is 5.75 Å². The fourth-order valence-corrected chi connectivity index (χ4v) is 3.33. The molecule has 6 N–H and O–H groups in total. The van der Waals surface area contributed by atoms with Crippen LogP contribution in [0.2, 0.25) is 0 Å². The van der Waals surface area contributed by atoms with Crippen molar-refractivity contribution in [1.29, 1.82) is 0 Å². The van der Waals surface area contributed by atoms with Gasteiger partial charge in [-0.1, -0.05) is 48.5 Å². The molecule has 0 fully saturated rings. The Hall–Kier alpha value is -2.90. The number of anilines is 1. The second-order valence-corrected chi connectivity index (χ2v) is 7.52. The third-order valence-electron chi connectivity index (χ3n) is 5.22. The van der Waals surface area contributed by atoms with Gasteiger partial charge < -0.3 is 31.1 Å². The first kappa shape index (κ1) is 22.8. The van der Waals surface area contributed by atoms with Crippen LogP contribution in [0.15, 0.2) is 72.8 Å². The fraction of sp³-hybridized carbons (Fsp3) is 0.280. The van der Waals surface area contributed by atoms with E-state index >= 15 is 0 Å². The molecule has 3 rings (SSSR count). The third kappa shape index (κ3) is 6.80. The van der Waals surface area contributed by atoms with Crippen molar-refractivity contribution >= 4 is 5.69 Å². The molecule has 3 aromatic carbocycles. The van der Waals surface area contributed by atoms with E-state index in [0.717, 1.165) is 17.7 Å². The van der Waals surface area contributed by atoms with E-state index in [9.17, 15) is 20.4 Å². The van der Waals surface area contributed by atoms with Gasteiger partial charge in [-0.15, -0.1) is 0 Å². The molecular weight excluding hydrogens is 392 g/mol. The Bertz CT molecular complexity index is 932. The Morgan fingerprint density at radius 2 is 1.48 bits per heavy atom. The number of phenols is 1. The molecule has 0 unspecified atom stereocenters. The van der Waals surface area contributed by atoms with Gasteiger partial charge in [0.25, 0.3) is 0 Å². The lowest BCUT2D eigenvalue weighted by atomic mass is 10.1. The minimum atomic E-state index is -0.714. The molecule has 0 saturated carbocycles. The van der Waals surface area contributed by atoms with Gasteiger partial charge in [-0.2, -0.15) is 0 Å². The molecule has 0 aliphatic rings. The normalized spacial score (nSPS) is 13.0. The van der Waals surface area contributed by atoms with Gasteiger partial charge in [-0.25, -0.2) is 0 Å². The third-order valence-corrected chi connectivity index (χ3v) is 5.22. The summed E-state index contributed by atoms with van der Waals surface area (Å²) in [5.41, 5.74) is 4.07. The van der Waals surface area contributed by atoms with Gasteiger partial charge in [0.15, 0.2) is 0 Å². The number of aliphatic hydroxyl groups is 3. The van der Waals surface area contributed by atoms with E-state index in [-0.39, 0.29) is 12.4 Å². The van der Waals surface area contributed by atoms with Crippen molar-refractivity contribution in [1.82, 2.24) is 5.32 Å². The fourth-order valence-electron chi connectivity index (χ4n) is 3.33. The maximum atomic E-state index is 10.3. The Kier molecular flexibility index (Phi) is 8.44. The van der Waals surface area contributed by atoms with Crippen molar-refractivity contribution in [3.63, 3.8) is 0 Å². The standard InChI is InChI=1S/C25H30N2O4/c28-17-21-14-20(8-11-23(21)29)24(30)15-26-13-12-18-6-9-22(10-7-18)27-16-25(31)19-4-2-1-3-5-19/h1-11,14,24-31H,12-13,15-17H2/t24-,25+/m1/s1. The summed E-state index contributed by atoms with van der Waals surface area (Å²) in [4.78, 5) is 0. The van der Waals surface area contributed by atoms with Crippen LogP contribution in [0, 0.1) is 0 Å². The molecule has 31 heavy (non-hydrogen) atoms. The molecule has 0 aromatic heterocycles. The van der Waals surface area contributed by atoms with Gasteiger partial charge >= 0.3 is 0 Å². The highest BCUT2D eigenvalue weighted by molar-refractivity contribution is 5.45. The molecule has 6 nitrogen and oxygen atoms in total. The van der Waals surface area contributed by atoms with Crippen molar-refractivity contribution in [2.75, 3.05) is 25.0 Å². The van der Waals surface area contributed by atoms with Gasteiger partial charge in [0.1, 0.15) is 5.75 Å². The maximum Gasteiger partial charge on any atom is 0.121 e. The van der Waals surface area contributed by atoms with Crippen molar-refractivity contribution in [2.45, 2.75) is 25.2 Å². The second-order valence-electron chi connectivity index (χ2n) is 7.52. The van der Waals surface area contributed by atoms with Gasteiger partial charge in [-0.3, -0.25) is 0 Å². The molecule has 0 amide bonds. The summed E-state index contributed by atoms with van der Waals surface area (Å²) in [5, 5.41) is 45.9. The smallest absolute Gasteiger partial charge is 0.121 e. The van der Waals surface area contributed by atoms with Gasteiger partial charge in [0, 0.05) is 24.3 Å². The molecular formula is C25H30N2O4. The molecule has 0 saturated heterocycles. The summed E-state index contributed by atoms with van der Waals surface area (Å²) in [6.45, 7) is 1.27. The topological polar surface area (TPSA) is 105 Å². The van der Waals surface area contributed by atoms with Crippen LogP contribution in [0.1, 0.15) is 34.5 Å². The highest BCUT2D eigenvalue weighted by Crippen LogP contribution is 2.22. The maximum absolute atomic E-state index is 10.3. The summed E-state index contributed by atoms with van der Waals surface area (Å²) >= 11 is 0. The van der Waals surface area contributed by atoms with Gasteiger partial charge in [-0.05, 0) is 53.9 Å². The highest BCUT2D eigenvalue weighted by Gasteiger charge is 2.10. The zero-order chi connectivity index (χ0) is 22.1. The molecule has 0 aliphatic heterocycles. The summed E-state index contributed by atoms with van der Waals surface area (Å²) in [6, 6.07) is 22.4. The predicted octanol–water partition coefficient (Wildman–Crippen LogP) is 2.90. The largest absolute Gasteiger partial charge is 0.508 e. The van der Waals surface area contributed by atoms with Crippen LogP contribution >= 0.6 is 0 Å². The van der Waals surface area contributed by atoms with Crippen LogP contribution in [0.25, 0.3) is 0 Å². The number of nitrogens with one attached hydrogen (secondary N) is 2. The Morgan fingerprint density at radius 1 is 0.774 bits per heavy atom. The van der Waals surface area contributed by atoms with Crippen molar-refractivity contribution in [2.24, 2.45) is 0 Å². The number of rotatable bonds is 11. The zero-order valence-electron chi connectivity index (χ0n) is 17.4. The molecule has 0 heterocycles. The Balaban J connectivity index is 1.39. The average molecular weight is 423 g/mol. The minimum absolute atomic E-state index is 0.0268. The first-order valence-corrected chi connectivity index (χ1v) is 10.4. The Morgan fingerprint density at radius 3 is 2.19 bits per heavy atom. The SMILES string of the molecule is OCc1cc([C@H](O)CNCCc2ccc(NC[C@H](O)c3ccccc3)cc2)ccc1O. The van der Waals surface area contributed by atoms with E-state index < -0.39 is 12.2 Å². The van der Waals surface area contributed by atoms with Gasteiger partial charge in [0.2, 0.25) is 0 Å². The average Bonchev–Trinajstić information content (AvgIpc) is 2.81. The van der Waals surface area contributed by atoms with Crippen LogP contribution < -0.4 is 10.6 Å². The predicted molar refractivity (Wildman–Crippen MR) is 122 cm³/mol. The van der Waals surface area contributed by atoms with E-state index in [1.165, 1.54) is 11.6 Å². The van der Waals surface area contributed by atoms with Crippen molar-refractivity contribution < 1.29 is 20.4 Å². The molecule has 6 heteroatoms. The van der Waals surface area contributed by atoms with Crippen LogP contribution in [0.3, 0.4) is 0 Å².